The predicted octanol–water partition coefficient (Wildman–Crippen LogP) is -0.0156. The third-order valence-electron chi connectivity index (χ3n) is 1.74. The van der Waals surface area contributed by atoms with Crippen molar-refractivity contribution in [1.82, 2.24) is 9.88 Å². The quantitative estimate of drug-likeness (QED) is 0.711. The Morgan fingerprint density at radius 2 is 2.08 bits per heavy atom. The van der Waals surface area contributed by atoms with Crippen LogP contribution in [0.2, 0.25) is 0 Å². The average molecular weight is 180 g/mol. The highest BCUT2D eigenvalue weighted by atomic mass is 16.1. The van der Waals surface area contributed by atoms with Crippen molar-refractivity contribution in [2.24, 2.45) is 0 Å². The second kappa shape index (κ2) is 4.45. The Kier molecular flexibility index (Phi) is 3.25. The molecule has 0 radical (unpaired) electrons. The summed E-state index contributed by atoms with van der Waals surface area (Å²) in [5.41, 5.74) is -0.0174. The molecule has 4 heteroatoms. The summed E-state index contributed by atoms with van der Waals surface area (Å²) in [6, 6.07) is 2.95. The minimum absolute atomic E-state index is 0.00120. The molecule has 0 atom stereocenters. The highest BCUT2D eigenvalue weighted by molar-refractivity contribution is 5.75. The monoisotopic (exact) mass is 180 g/mol. The third-order valence-corrected chi connectivity index (χ3v) is 1.74. The van der Waals surface area contributed by atoms with E-state index in [2.05, 4.69) is 5.32 Å². The summed E-state index contributed by atoms with van der Waals surface area (Å²) in [5, 5.41) is 2.53. The van der Waals surface area contributed by atoms with E-state index in [1.807, 2.05) is 0 Å². The van der Waals surface area contributed by atoms with E-state index in [4.69, 9.17) is 0 Å². The van der Waals surface area contributed by atoms with Crippen LogP contribution in [-0.2, 0) is 11.3 Å². The first-order valence-corrected chi connectivity index (χ1v) is 4.09. The van der Waals surface area contributed by atoms with E-state index >= 15 is 0 Å². The van der Waals surface area contributed by atoms with E-state index in [0.717, 1.165) is 0 Å². The number of hydrogen-bond acceptors (Lipinski definition) is 2. The molecule has 0 saturated carbocycles. The molecule has 1 aromatic rings. The number of pyridine rings is 1. The lowest BCUT2D eigenvalue weighted by Gasteiger charge is -2.03. The molecule has 1 rings (SSSR count). The summed E-state index contributed by atoms with van der Waals surface area (Å²) in [4.78, 5) is 21.6. The van der Waals surface area contributed by atoms with Crippen molar-refractivity contribution in [3.8, 4) is 0 Å². The standard InChI is InChI=1S/C9H12N2O2/c1-10-9(13)4-7-11-5-2-8(12)3-6-11/h2-3,5-6H,4,7H2,1H3,(H,10,13). The van der Waals surface area contributed by atoms with E-state index in [0.29, 0.717) is 13.0 Å². The minimum Gasteiger partial charge on any atom is -0.359 e. The first kappa shape index (κ1) is 9.51. The largest absolute Gasteiger partial charge is 0.359 e. The Hall–Kier alpha value is -1.58. The smallest absolute Gasteiger partial charge is 0.221 e. The zero-order valence-electron chi connectivity index (χ0n) is 7.49. The highest BCUT2D eigenvalue weighted by Gasteiger charge is 1.96. The van der Waals surface area contributed by atoms with Gasteiger partial charge in [0.1, 0.15) is 0 Å². The van der Waals surface area contributed by atoms with Gasteiger partial charge >= 0.3 is 0 Å². The van der Waals surface area contributed by atoms with Crippen molar-refractivity contribution in [2.45, 2.75) is 13.0 Å². The normalized spacial score (nSPS) is 9.62. The maximum Gasteiger partial charge on any atom is 0.221 e. The second-order valence-corrected chi connectivity index (χ2v) is 2.69. The van der Waals surface area contributed by atoms with Crippen LogP contribution in [-0.4, -0.2) is 17.5 Å². The Morgan fingerprint density at radius 1 is 1.46 bits per heavy atom. The minimum atomic E-state index is -0.0174. The van der Waals surface area contributed by atoms with Crippen LogP contribution < -0.4 is 10.7 Å². The van der Waals surface area contributed by atoms with Crippen LogP contribution in [0.25, 0.3) is 0 Å². The highest BCUT2D eigenvalue weighted by Crippen LogP contribution is 1.88. The predicted molar refractivity (Wildman–Crippen MR) is 49.4 cm³/mol. The zero-order valence-corrected chi connectivity index (χ0v) is 7.49. The van der Waals surface area contributed by atoms with Gasteiger partial charge in [0.2, 0.25) is 5.91 Å². The first-order valence-electron chi connectivity index (χ1n) is 4.09. The van der Waals surface area contributed by atoms with E-state index < -0.39 is 0 Å². The number of hydrogen-bond donors (Lipinski definition) is 1. The lowest BCUT2D eigenvalue weighted by Crippen LogP contribution is -2.19. The van der Waals surface area contributed by atoms with Crippen molar-refractivity contribution in [3.05, 3.63) is 34.7 Å². The summed E-state index contributed by atoms with van der Waals surface area (Å²) in [5.74, 6) is -0.00120. The molecule has 0 saturated heterocycles. The molecule has 0 fully saturated rings. The van der Waals surface area contributed by atoms with Crippen LogP contribution in [0.4, 0.5) is 0 Å². The number of carbonyl (C=O) groups is 1. The maximum atomic E-state index is 10.9. The first-order chi connectivity index (χ1) is 6.22. The fourth-order valence-corrected chi connectivity index (χ4v) is 0.948. The van der Waals surface area contributed by atoms with E-state index in [-0.39, 0.29) is 11.3 Å². The van der Waals surface area contributed by atoms with Crippen LogP contribution in [0.15, 0.2) is 29.3 Å². The Bertz CT molecular complexity index is 323. The molecule has 0 spiro atoms. The van der Waals surface area contributed by atoms with Crippen LogP contribution in [0.5, 0.6) is 0 Å². The molecule has 1 aromatic heterocycles. The molecule has 0 bridgehead atoms. The summed E-state index contributed by atoms with van der Waals surface area (Å²) in [6.07, 6.45) is 3.77. The lowest BCUT2D eigenvalue weighted by molar-refractivity contribution is -0.120. The van der Waals surface area contributed by atoms with Gasteiger partial charge in [-0.05, 0) is 0 Å². The molecule has 4 nitrogen and oxygen atoms in total. The average Bonchev–Trinajstić information content (AvgIpc) is 2.16. The van der Waals surface area contributed by atoms with Crippen LogP contribution in [0, 0.1) is 0 Å². The topological polar surface area (TPSA) is 51.1 Å². The molecule has 1 N–H and O–H groups in total. The van der Waals surface area contributed by atoms with Crippen LogP contribution in [0.3, 0.4) is 0 Å². The fourth-order valence-electron chi connectivity index (χ4n) is 0.948. The zero-order chi connectivity index (χ0) is 9.68. The fraction of sp³-hybridized carbons (Fsp3) is 0.333. The molecular weight excluding hydrogens is 168 g/mol. The molecule has 1 amide bonds. The number of nitrogens with zero attached hydrogens (tertiary/aromatic N) is 1. The van der Waals surface area contributed by atoms with Crippen molar-refractivity contribution < 1.29 is 4.79 Å². The number of nitrogens with one attached hydrogen (secondary N) is 1. The van der Waals surface area contributed by atoms with Gasteiger partial charge in [0.25, 0.3) is 0 Å². The molecule has 13 heavy (non-hydrogen) atoms. The summed E-state index contributed by atoms with van der Waals surface area (Å²) >= 11 is 0. The molecule has 0 aliphatic rings. The van der Waals surface area contributed by atoms with Gasteiger partial charge in [0, 0.05) is 44.5 Å². The van der Waals surface area contributed by atoms with E-state index in [1.165, 1.54) is 12.1 Å². The number of aromatic nitrogens is 1. The van der Waals surface area contributed by atoms with Gasteiger partial charge in [-0.25, -0.2) is 0 Å². The van der Waals surface area contributed by atoms with Crippen molar-refractivity contribution in [2.75, 3.05) is 7.05 Å². The summed E-state index contributed by atoms with van der Waals surface area (Å²) in [7, 11) is 1.60. The van der Waals surface area contributed by atoms with Gasteiger partial charge in [-0.2, -0.15) is 0 Å². The SMILES string of the molecule is CNC(=O)CCn1ccc(=O)cc1. The van der Waals surface area contributed by atoms with Crippen LogP contribution >= 0.6 is 0 Å². The molecule has 0 aliphatic carbocycles. The number of amides is 1. The molecule has 1 heterocycles. The van der Waals surface area contributed by atoms with Gasteiger partial charge in [-0.1, -0.05) is 0 Å². The molecule has 70 valence electrons. The van der Waals surface area contributed by atoms with Gasteiger partial charge in [-0.3, -0.25) is 9.59 Å². The second-order valence-electron chi connectivity index (χ2n) is 2.69. The molecule has 0 aliphatic heterocycles. The van der Waals surface area contributed by atoms with E-state index in [1.54, 1.807) is 24.0 Å². The van der Waals surface area contributed by atoms with Gasteiger partial charge in [-0.15, -0.1) is 0 Å². The molecular formula is C9H12N2O2. The number of aryl methyl sites for hydroxylation is 1. The van der Waals surface area contributed by atoms with Crippen molar-refractivity contribution in [1.29, 1.82) is 0 Å². The van der Waals surface area contributed by atoms with Crippen molar-refractivity contribution >= 4 is 5.91 Å². The van der Waals surface area contributed by atoms with E-state index in [9.17, 15) is 9.59 Å². The third kappa shape index (κ3) is 3.11. The maximum absolute atomic E-state index is 10.9. The molecule has 0 unspecified atom stereocenters. The Labute approximate surface area is 76.2 Å². The lowest BCUT2D eigenvalue weighted by atomic mass is 10.4. The van der Waals surface area contributed by atoms with Gasteiger partial charge in [0.05, 0.1) is 0 Å². The van der Waals surface area contributed by atoms with Gasteiger partial charge < -0.3 is 9.88 Å². The Morgan fingerprint density at radius 3 is 2.62 bits per heavy atom. The molecule has 0 aromatic carbocycles. The Balaban J connectivity index is 2.50. The van der Waals surface area contributed by atoms with Crippen LogP contribution in [0.1, 0.15) is 6.42 Å². The summed E-state index contributed by atoms with van der Waals surface area (Å²) < 4.78 is 1.80. The number of rotatable bonds is 3. The van der Waals surface area contributed by atoms with Gasteiger partial charge in [0.15, 0.2) is 5.43 Å². The van der Waals surface area contributed by atoms with Crippen molar-refractivity contribution in [3.63, 3.8) is 0 Å². The summed E-state index contributed by atoms with van der Waals surface area (Å²) in [6.45, 7) is 0.597. The number of carbonyl (C=O) groups excluding carboxylic acids is 1.